The number of esters is 1. The first kappa shape index (κ1) is 12.5. The van der Waals surface area contributed by atoms with Crippen molar-refractivity contribution in [2.75, 3.05) is 38.2 Å². The van der Waals surface area contributed by atoms with Gasteiger partial charge in [-0.25, -0.2) is 4.79 Å². The summed E-state index contributed by atoms with van der Waals surface area (Å²) in [6.07, 6.45) is 2.53. The second-order valence-electron chi connectivity index (χ2n) is 5.65. The number of ether oxygens (including phenoxy) is 1. The number of rotatable bonds is 2. The zero-order chi connectivity index (χ0) is 13.3. The van der Waals surface area contributed by atoms with Crippen molar-refractivity contribution in [2.45, 2.75) is 12.8 Å². The molecule has 102 valence electrons. The number of methoxy groups -OCH3 is 1. The number of piperidine rings is 1. The van der Waals surface area contributed by atoms with E-state index in [4.69, 9.17) is 4.74 Å². The van der Waals surface area contributed by atoms with Crippen LogP contribution in [0.25, 0.3) is 0 Å². The van der Waals surface area contributed by atoms with E-state index >= 15 is 0 Å². The second kappa shape index (κ2) is 4.85. The average Bonchev–Trinajstić information content (AvgIpc) is 2.45. The van der Waals surface area contributed by atoms with Crippen molar-refractivity contribution >= 4 is 11.7 Å². The van der Waals surface area contributed by atoms with Gasteiger partial charge in [0.2, 0.25) is 0 Å². The Bertz CT molecular complexity index is 473. The Labute approximate surface area is 113 Å². The summed E-state index contributed by atoms with van der Waals surface area (Å²) in [7, 11) is 1.42. The Balaban J connectivity index is 1.69. The first-order chi connectivity index (χ1) is 9.22. The summed E-state index contributed by atoms with van der Waals surface area (Å²) in [6, 6.07) is 7.73. The molecule has 1 N–H and O–H groups in total. The standard InChI is InChI=1S/C15H20N2O2/c1-19-14(18)12-3-2-4-13(9-12)17-10-15(11-17)5-7-16-8-6-15/h2-4,9,16H,5-8,10-11H2,1H3. The number of carbonyl (C=O) groups excluding carboxylic acids is 1. The quantitative estimate of drug-likeness (QED) is 0.821. The SMILES string of the molecule is COC(=O)c1cccc(N2CC3(CCNCC3)C2)c1. The second-order valence-corrected chi connectivity index (χ2v) is 5.65. The van der Waals surface area contributed by atoms with Crippen LogP contribution >= 0.6 is 0 Å². The van der Waals surface area contributed by atoms with Crippen LogP contribution in [0.4, 0.5) is 5.69 Å². The lowest BCUT2D eigenvalue weighted by Gasteiger charge is -2.53. The molecule has 0 amide bonds. The number of benzene rings is 1. The third-order valence-corrected chi connectivity index (χ3v) is 4.35. The van der Waals surface area contributed by atoms with Crippen LogP contribution in [0, 0.1) is 5.41 Å². The van der Waals surface area contributed by atoms with Crippen LogP contribution in [0.2, 0.25) is 0 Å². The lowest BCUT2D eigenvalue weighted by atomic mass is 9.72. The number of nitrogens with one attached hydrogen (secondary N) is 1. The Morgan fingerprint density at radius 3 is 2.74 bits per heavy atom. The Hall–Kier alpha value is -1.55. The molecular weight excluding hydrogens is 240 g/mol. The molecule has 0 atom stereocenters. The topological polar surface area (TPSA) is 41.6 Å². The summed E-state index contributed by atoms with van der Waals surface area (Å²) in [6.45, 7) is 4.49. The predicted octanol–water partition coefficient (Wildman–Crippen LogP) is 1.66. The molecule has 1 aromatic carbocycles. The van der Waals surface area contributed by atoms with Gasteiger partial charge in [0, 0.05) is 24.2 Å². The molecule has 2 aliphatic heterocycles. The summed E-state index contributed by atoms with van der Waals surface area (Å²) < 4.78 is 4.77. The summed E-state index contributed by atoms with van der Waals surface area (Å²) in [5.74, 6) is -0.265. The van der Waals surface area contributed by atoms with Gasteiger partial charge in [-0.15, -0.1) is 0 Å². The Morgan fingerprint density at radius 2 is 2.05 bits per heavy atom. The number of carbonyl (C=O) groups is 1. The molecule has 0 unspecified atom stereocenters. The van der Waals surface area contributed by atoms with Gasteiger partial charge in [0.25, 0.3) is 0 Å². The van der Waals surface area contributed by atoms with E-state index in [1.54, 1.807) is 6.07 Å². The predicted molar refractivity (Wildman–Crippen MR) is 74.5 cm³/mol. The van der Waals surface area contributed by atoms with E-state index in [2.05, 4.69) is 16.3 Å². The first-order valence-corrected chi connectivity index (χ1v) is 6.87. The van der Waals surface area contributed by atoms with Crippen LogP contribution in [-0.2, 0) is 4.74 Å². The van der Waals surface area contributed by atoms with Crippen molar-refractivity contribution in [3.63, 3.8) is 0 Å². The molecule has 3 rings (SSSR count). The first-order valence-electron chi connectivity index (χ1n) is 6.87. The molecule has 4 heteroatoms. The molecule has 0 radical (unpaired) electrons. The smallest absolute Gasteiger partial charge is 0.337 e. The lowest BCUT2D eigenvalue weighted by Crippen LogP contribution is -2.60. The van der Waals surface area contributed by atoms with Gasteiger partial charge < -0.3 is 15.0 Å². The monoisotopic (exact) mass is 260 g/mol. The Morgan fingerprint density at radius 1 is 1.32 bits per heavy atom. The minimum Gasteiger partial charge on any atom is -0.465 e. The van der Waals surface area contributed by atoms with Crippen molar-refractivity contribution in [2.24, 2.45) is 5.41 Å². The number of hydrogen-bond acceptors (Lipinski definition) is 4. The fourth-order valence-electron chi connectivity index (χ4n) is 3.17. The highest BCUT2D eigenvalue weighted by Crippen LogP contribution is 2.41. The summed E-state index contributed by atoms with van der Waals surface area (Å²) in [4.78, 5) is 13.9. The van der Waals surface area contributed by atoms with Crippen molar-refractivity contribution in [1.29, 1.82) is 0 Å². The number of hydrogen-bond donors (Lipinski definition) is 1. The van der Waals surface area contributed by atoms with Gasteiger partial charge in [0.05, 0.1) is 12.7 Å². The van der Waals surface area contributed by atoms with Crippen molar-refractivity contribution in [3.8, 4) is 0 Å². The van der Waals surface area contributed by atoms with E-state index in [-0.39, 0.29) is 5.97 Å². The highest BCUT2D eigenvalue weighted by atomic mass is 16.5. The molecule has 0 bridgehead atoms. The molecule has 0 aliphatic carbocycles. The van der Waals surface area contributed by atoms with E-state index in [1.807, 2.05) is 12.1 Å². The molecule has 2 heterocycles. The molecule has 0 saturated carbocycles. The highest BCUT2D eigenvalue weighted by Gasteiger charge is 2.43. The fourth-order valence-corrected chi connectivity index (χ4v) is 3.17. The molecule has 19 heavy (non-hydrogen) atoms. The normalized spacial score (nSPS) is 21.0. The van der Waals surface area contributed by atoms with Crippen LogP contribution in [0.5, 0.6) is 0 Å². The lowest BCUT2D eigenvalue weighted by molar-refractivity contribution is 0.0600. The van der Waals surface area contributed by atoms with Crippen molar-refractivity contribution in [3.05, 3.63) is 29.8 Å². The minimum atomic E-state index is -0.265. The molecule has 2 saturated heterocycles. The third-order valence-electron chi connectivity index (χ3n) is 4.35. The van der Waals surface area contributed by atoms with Gasteiger partial charge in [-0.05, 0) is 44.1 Å². The van der Waals surface area contributed by atoms with Gasteiger partial charge in [-0.3, -0.25) is 0 Å². The molecule has 2 fully saturated rings. The van der Waals surface area contributed by atoms with Gasteiger partial charge in [-0.2, -0.15) is 0 Å². The largest absolute Gasteiger partial charge is 0.465 e. The van der Waals surface area contributed by atoms with Gasteiger partial charge in [0.1, 0.15) is 0 Å². The Kier molecular flexibility index (Phi) is 3.19. The molecule has 2 aliphatic rings. The zero-order valence-corrected chi connectivity index (χ0v) is 11.3. The average molecular weight is 260 g/mol. The van der Waals surface area contributed by atoms with Crippen LogP contribution in [0.15, 0.2) is 24.3 Å². The minimum absolute atomic E-state index is 0.265. The maximum absolute atomic E-state index is 11.5. The van der Waals surface area contributed by atoms with Crippen LogP contribution in [0.3, 0.4) is 0 Å². The zero-order valence-electron chi connectivity index (χ0n) is 11.3. The van der Waals surface area contributed by atoms with E-state index in [0.717, 1.165) is 31.9 Å². The number of nitrogens with zero attached hydrogens (tertiary/aromatic N) is 1. The van der Waals surface area contributed by atoms with E-state index in [0.29, 0.717) is 11.0 Å². The third kappa shape index (κ3) is 2.32. The van der Waals surface area contributed by atoms with E-state index in [1.165, 1.54) is 20.0 Å². The maximum atomic E-state index is 11.5. The van der Waals surface area contributed by atoms with Crippen molar-refractivity contribution < 1.29 is 9.53 Å². The summed E-state index contributed by atoms with van der Waals surface area (Å²) >= 11 is 0. The summed E-state index contributed by atoms with van der Waals surface area (Å²) in [5.41, 5.74) is 2.27. The molecule has 0 aromatic heterocycles. The summed E-state index contributed by atoms with van der Waals surface area (Å²) in [5, 5.41) is 3.41. The van der Waals surface area contributed by atoms with Crippen LogP contribution in [0.1, 0.15) is 23.2 Å². The van der Waals surface area contributed by atoms with Crippen molar-refractivity contribution in [1.82, 2.24) is 5.32 Å². The van der Waals surface area contributed by atoms with Crippen LogP contribution in [-0.4, -0.2) is 39.3 Å². The molecule has 1 spiro atoms. The number of anilines is 1. The van der Waals surface area contributed by atoms with Gasteiger partial charge in [0.15, 0.2) is 0 Å². The molecular formula is C15H20N2O2. The molecule has 1 aromatic rings. The van der Waals surface area contributed by atoms with E-state index < -0.39 is 0 Å². The van der Waals surface area contributed by atoms with Gasteiger partial charge in [-0.1, -0.05) is 6.07 Å². The highest BCUT2D eigenvalue weighted by molar-refractivity contribution is 5.90. The fraction of sp³-hybridized carbons (Fsp3) is 0.533. The maximum Gasteiger partial charge on any atom is 0.337 e. The molecule has 4 nitrogen and oxygen atoms in total. The van der Waals surface area contributed by atoms with Gasteiger partial charge >= 0.3 is 5.97 Å². The van der Waals surface area contributed by atoms with E-state index in [9.17, 15) is 4.79 Å². The van der Waals surface area contributed by atoms with Crippen LogP contribution < -0.4 is 10.2 Å².